The lowest BCUT2D eigenvalue weighted by Gasteiger charge is -2.30. The van der Waals surface area contributed by atoms with Crippen LogP contribution in [-0.4, -0.2) is 20.7 Å². The third-order valence-electron chi connectivity index (χ3n) is 3.47. The molecule has 0 aromatic carbocycles. The van der Waals surface area contributed by atoms with E-state index in [2.05, 4.69) is 15.0 Å². The number of nitrogens with one attached hydrogen (secondary N) is 2. The van der Waals surface area contributed by atoms with Gasteiger partial charge in [0.25, 0.3) is 5.56 Å². The summed E-state index contributed by atoms with van der Waals surface area (Å²) < 4.78 is 0. The summed E-state index contributed by atoms with van der Waals surface area (Å²) in [6.45, 7) is 3.97. The van der Waals surface area contributed by atoms with E-state index in [1.165, 1.54) is 6.20 Å². The molecule has 0 amide bonds. The summed E-state index contributed by atoms with van der Waals surface area (Å²) in [7, 11) is 0. The molecule has 0 unspecified atom stereocenters. The lowest BCUT2D eigenvalue weighted by molar-refractivity contribution is 0.0912. The number of H-pyrrole nitrogens is 2. The Labute approximate surface area is 107 Å². The Kier molecular flexibility index (Phi) is 2.26. The van der Waals surface area contributed by atoms with Crippen molar-refractivity contribution in [2.75, 3.05) is 0 Å². The van der Waals surface area contributed by atoms with Crippen LogP contribution in [0.5, 0.6) is 0 Å². The quantitative estimate of drug-likeness (QED) is 0.730. The number of pyridine rings is 1. The molecule has 0 bridgehead atoms. The van der Waals surface area contributed by atoms with Gasteiger partial charge in [-0.25, -0.2) is 9.78 Å². The maximum atomic E-state index is 12.1. The first-order chi connectivity index (χ1) is 8.87. The monoisotopic (exact) mass is 259 g/mol. The summed E-state index contributed by atoms with van der Waals surface area (Å²) in [6, 6.07) is 0. The van der Waals surface area contributed by atoms with E-state index < -0.39 is 11.2 Å². The molecule has 0 saturated heterocycles. The molecule has 1 aliphatic carbocycles. The van der Waals surface area contributed by atoms with Crippen LogP contribution in [0.15, 0.2) is 15.8 Å². The topological polar surface area (TPSA) is 95.7 Å². The van der Waals surface area contributed by atoms with Gasteiger partial charge in [0.05, 0.1) is 5.39 Å². The second-order valence-electron chi connectivity index (χ2n) is 5.72. The minimum atomic E-state index is -0.591. The third kappa shape index (κ3) is 1.80. The van der Waals surface area contributed by atoms with Crippen molar-refractivity contribution in [3.63, 3.8) is 0 Å². The summed E-state index contributed by atoms with van der Waals surface area (Å²) in [5.74, 6) is -0.00810. The number of Topliss-reactive ketones (excluding diaryl/α,β-unsaturated/α-hetero) is 1. The van der Waals surface area contributed by atoms with Crippen LogP contribution in [0.2, 0.25) is 0 Å². The number of aromatic amines is 2. The molecule has 0 spiro atoms. The van der Waals surface area contributed by atoms with Crippen LogP contribution in [0, 0.1) is 5.41 Å². The standard InChI is InChI=1S/C13H13N3O3/c1-13(2)3-6-7(8(17)4-13)5-14-10-9(6)11(18)16-12(19)15-10/h5H,3-4H2,1-2H3,(H2,14,15,16,18,19). The number of carbonyl (C=O) groups is 1. The Morgan fingerprint density at radius 1 is 1.16 bits per heavy atom. The van der Waals surface area contributed by atoms with Crippen molar-refractivity contribution < 1.29 is 4.79 Å². The molecule has 2 aromatic heterocycles. The predicted molar refractivity (Wildman–Crippen MR) is 69.4 cm³/mol. The summed E-state index contributed by atoms with van der Waals surface area (Å²) in [5.41, 5.74) is 0.132. The smallest absolute Gasteiger partial charge is 0.294 e. The van der Waals surface area contributed by atoms with Crippen molar-refractivity contribution in [1.29, 1.82) is 0 Å². The van der Waals surface area contributed by atoms with E-state index in [4.69, 9.17) is 0 Å². The molecule has 2 aromatic rings. The van der Waals surface area contributed by atoms with E-state index in [1.807, 2.05) is 13.8 Å². The Hall–Kier alpha value is -2.24. The van der Waals surface area contributed by atoms with Gasteiger partial charge in [0, 0.05) is 18.2 Å². The Morgan fingerprint density at radius 2 is 1.89 bits per heavy atom. The number of ketones is 1. The fraction of sp³-hybridized carbons (Fsp3) is 0.385. The van der Waals surface area contributed by atoms with Gasteiger partial charge in [-0.15, -0.1) is 0 Å². The molecule has 6 nitrogen and oxygen atoms in total. The molecule has 1 aliphatic rings. The summed E-state index contributed by atoms with van der Waals surface area (Å²) in [4.78, 5) is 44.0. The number of nitrogens with zero attached hydrogens (tertiary/aromatic N) is 1. The lowest BCUT2D eigenvalue weighted by atomic mass is 9.73. The highest BCUT2D eigenvalue weighted by Crippen LogP contribution is 2.36. The van der Waals surface area contributed by atoms with Gasteiger partial charge in [-0.3, -0.25) is 19.6 Å². The normalized spacial score (nSPS) is 17.5. The molecule has 19 heavy (non-hydrogen) atoms. The average molecular weight is 259 g/mol. The molecule has 0 radical (unpaired) electrons. The van der Waals surface area contributed by atoms with Crippen molar-refractivity contribution in [3.05, 3.63) is 38.2 Å². The minimum Gasteiger partial charge on any atom is -0.294 e. The molecule has 2 heterocycles. The van der Waals surface area contributed by atoms with Crippen LogP contribution in [0.4, 0.5) is 0 Å². The van der Waals surface area contributed by atoms with Crippen molar-refractivity contribution in [2.24, 2.45) is 5.41 Å². The molecule has 3 rings (SSSR count). The van der Waals surface area contributed by atoms with E-state index in [0.29, 0.717) is 29.4 Å². The fourth-order valence-electron chi connectivity index (χ4n) is 2.69. The SMILES string of the molecule is CC1(C)CC(=O)c2cnc3[nH]c(=O)[nH]c(=O)c3c2C1. The van der Waals surface area contributed by atoms with Crippen LogP contribution in [0.1, 0.15) is 36.2 Å². The third-order valence-corrected chi connectivity index (χ3v) is 3.47. The number of aromatic nitrogens is 3. The van der Waals surface area contributed by atoms with E-state index in [1.54, 1.807) is 0 Å². The van der Waals surface area contributed by atoms with E-state index >= 15 is 0 Å². The number of rotatable bonds is 0. The second-order valence-corrected chi connectivity index (χ2v) is 5.72. The highest BCUT2D eigenvalue weighted by Gasteiger charge is 2.33. The highest BCUT2D eigenvalue weighted by atomic mass is 16.2. The Morgan fingerprint density at radius 3 is 2.63 bits per heavy atom. The summed E-state index contributed by atoms with van der Waals surface area (Å²) >= 11 is 0. The maximum Gasteiger partial charge on any atom is 0.327 e. The van der Waals surface area contributed by atoms with Gasteiger partial charge in [0.2, 0.25) is 0 Å². The minimum absolute atomic E-state index is 0.00810. The van der Waals surface area contributed by atoms with Crippen molar-refractivity contribution in [1.82, 2.24) is 15.0 Å². The summed E-state index contributed by atoms with van der Waals surface area (Å²) in [6.07, 6.45) is 2.50. The number of fused-ring (bicyclic) bond motifs is 3. The van der Waals surface area contributed by atoms with Gasteiger partial charge < -0.3 is 0 Å². The van der Waals surface area contributed by atoms with E-state index in [-0.39, 0.29) is 16.8 Å². The van der Waals surface area contributed by atoms with Gasteiger partial charge in [-0.1, -0.05) is 13.8 Å². The zero-order chi connectivity index (χ0) is 13.8. The van der Waals surface area contributed by atoms with E-state index in [0.717, 1.165) is 0 Å². The molecular formula is C13H13N3O3. The first-order valence-corrected chi connectivity index (χ1v) is 6.05. The largest absolute Gasteiger partial charge is 0.327 e. The molecular weight excluding hydrogens is 246 g/mol. The van der Waals surface area contributed by atoms with Crippen molar-refractivity contribution >= 4 is 16.8 Å². The first kappa shape index (κ1) is 11.8. The van der Waals surface area contributed by atoms with E-state index in [9.17, 15) is 14.4 Å². The molecule has 0 fully saturated rings. The number of hydrogen-bond acceptors (Lipinski definition) is 4. The molecule has 98 valence electrons. The number of hydrogen-bond donors (Lipinski definition) is 2. The zero-order valence-electron chi connectivity index (χ0n) is 10.7. The predicted octanol–water partition coefficient (Wildman–Crippen LogP) is 0.767. The van der Waals surface area contributed by atoms with Gasteiger partial charge in [0.1, 0.15) is 5.65 Å². The van der Waals surface area contributed by atoms with Gasteiger partial charge >= 0.3 is 5.69 Å². The number of carbonyl (C=O) groups excluding carboxylic acids is 1. The van der Waals surface area contributed by atoms with Crippen LogP contribution >= 0.6 is 0 Å². The first-order valence-electron chi connectivity index (χ1n) is 6.05. The van der Waals surface area contributed by atoms with Crippen molar-refractivity contribution in [2.45, 2.75) is 26.7 Å². The van der Waals surface area contributed by atoms with Crippen LogP contribution in [-0.2, 0) is 6.42 Å². The molecule has 0 atom stereocenters. The second kappa shape index (κ2) is 3.63. The zero-order valence-corrected chi connectivity index (χ0v) is 10.7. The Balaban J connectivity index is 2.44. The maximum absolute atomic E-state index is 12.1. The molecule has 0 saturated carbocycles. The fourth-order valence-corrected chi connectivity index (χ4v) is 2.69. The van der Waals surface area contributed by atoms with Gasteiger partial charge in [-0.05, 0) is 17.4 Å². The van der Waals surface area contributed by atoms with Crippen LogP contribution in [0.3, 0.4) is 0 Å². The van der Waals surface area contributed by atoms with Crippen molar-refractivity contribution in [3.8, 4) is 0 Å². The molecule has 0 aliphatic heterocycles. The summed E-state index contributed by atoms with van der Waals surface area (Å²) in [5, 5.41) is 0.318. The van der Waals surface area contributed by atoms with Gasteiger partial charge in [0.15, 0.2) is 5.78 Å². The molecule has 2 N–H and O–H groups in total. The lowest BCUT2D eigenvalue weighted by Crippen LogP contribution is -2.30. The average Bonchev–Trinajstić information content (AvgIpc) is 2.25. The molecule has 6 heteroatoms. The highest BCUT2D eigenvalue weighted by molar-refractivity contribution is 6.02. The van der Waals surface area contributed by atoms with Gasteiger partial charge in [-0.2, -0.15) is 0 Å². The Bertz CT molecular complexity index is 814. The van der Waals surface area contributed by atoms with Crippen LogP contribution < -0.4 is 11.2 Å². The van der Waals surface area contributed by atoms with Crippen LogP contribution in [0.25, 0.3) is 11.0 Å².